The monoisotopic (exact) mass is 414 g/mol. The van der Waals surface area contributed by atoms with Crippen LogP contribution in [0.5, 0.6) is 0 Å². The van der Waals surface area contributed by atoms with Crippen molar-refractivity contribution in [3.63, 3.8) is 0 Å². The number of rotatable bonds is 7. The fourth-order valence-corrected chi connectivity index (χ4v) is 3.75. The van der Waals surface area contributed by atoms with Crippen molar-refractivity contribution in [2.75, 3.05) is 0 Å². The van der Waals surface area contributed by atoms with E-state index in [1.54, 1.807) is 0 Å². The van der Waals surface area contributed by atoms with Crippen LogP contribution >= 0.6 is 0 Å². The van der Waals surface area contributed by atoms with E-state index in [1.165, 1.54) is 6.07 Å². The lowest BCUT2D eigenvalue weighted by atomic mass is 10.0. The summed E-state index contributed by atoms with van der Waals surface area (Å²) in [5, 5.41) is 4.20. The Labute approximate surface area is 180 Å². The maximum atomic E-state index is 13.0. The molecule has 0 fully saturated rings. The van der Waals surface area contributed by atoms with E-state index in [-0.39, 0.29) is 29.8 Å². The van der Waals surface area contributed by atoms with Gasteiger partial charge in [0.15, 0.2) is 0 Å². The first-order chi connectivity index (χ1) is 15.0. The number of fused-ring (bicyclic) bond motifs is 1. The Kier molecular flexibility index (Phi) is 5.98. The van der Waals surface area contributed by atoms with Crippen LogP contribution in [-0.2, 0) is 17.6 Å². The highest BCUT2D eigenvalue weighted by molar-refractivity contribution is 5.89. The van der Waals surface area contributed by atoms with Crippen LogP contribution in [0.4, 0.5) is 0 Å². The average Bonchev–Trinajstić information content (AvgIpc) is 3.16. The van der Waals surface area contributed by atoms with Crippen LogP contribution in [0.3, 0.4) is 0 Å². The van der Waals surface area contributed by atoms with Gasteiger partial charge in [-0.3, -0.25) is 9.59 Å². The maximum absolute atomic E-state index is 13.0. The Morgan fingerprint density at radius 1 is 1.06 bits per heavy atom. The summed E-state index contributed by atoms with van der Waals surface area (Å²) >= 11 is 0. The number of hydrogen-bond donors (Lipinski definition) is 3. The molecular weight excluding hydrogens is 388 g/mol. The molecule has 3 N–H and O–H groups in total. The van der Waals surface area contributed by atoms with Crippen molar-refractivity contribution in [2.24, 2.45) is 0 Å². The first kappa shape index (κ1) is 20.6. The maximum Gasteiger partial charge on any atom is 0.251 e. The number of hydrogen-bond acceptors (Lipinski definition) is 3. The molecule has 2 heterocycles. The Balaban J connectivity index is 1.57. The van der Waals surface area contributed by atoms with Gasteiger partial charge in [0, 0.05) is 35.5 Å². The van der Waals surface area contributed by atoms with Crippen molar-refractivity contribution in [2.45, 2.75) is 38.6 Å². The second kappa shape index (κ2) is 9.00. The minimum atomic E-state index is -0.284. The van der Waals surface area contributed by atoms with Crippen molar-refractivity contribution in [1.82, 2.24) is 20.3 Å². The number of H-pyrrole nitrogens is 2. The topological polar surface area (TPSA) is 90.6 Å². The molecule has 0 aliphatic heterocycles. The van der Waals surface area contributed by atoms with E-state index in [2.05, 4.69) is 20.3 Å². The lowest BCUT2D eigenvalue weighted by molar-refractivity contribution is -0.121. The Hall–Kier alpha value is -3.67. The van der Waals surface area contributed by atoms with Crippen molar-refractivity contribution in [3.8, 4) is 0 Å². The largest absolute Gasteiger partial charge is 0.361 e. The number of nitrogens with zero attached hydrogens (tertiary/aromatic N) is 1. The van der Waals surface area contributed by atoms with E-state index >= 15 is 0 Å². The van der Waals surface area contributed by atoms with Crippen LogP contribution in [0, 0.1) is 0 Å². The van der Waals surface area contributed by atoms with E-state index in [0.29, 0.717) is 17.9 Å². The zero-order chi connectivity index (χ0) is 21.8. The Morgan fingerprint density at radius 3 is 2.58 bits per heavy atom. The predicted octanol–water partition coefficient (Wildman–Crippen LogP) is 4.02. The molecule has 158 valence electrons. The van der Waals surface area contributed by atoms with Crippen LogP contribution in [0.15, 0.2) is 71.7 Å². The Morgan fingerprint density at radius 2 is 1.81 bits per heavy atom. The van der Waals surface area contributed by atoms with Crippen molar-refractivity contribution >= 4 is 16.8 Å². The smallest absolute Gasteiger partial charge is 0.251 e. The van der Waals surface area contributed by atoms with E-state index in [4.69, 9.17) is 0 Å². The average molecular weight is 415 g/mol. The Bertz CT molecular complexity index is 1240. The summed E-state index contributed by atoms with van der Waals surface area (Å²) in [5.41, 5.74) is 3.43. The minimum Gasteiger partial charge on any atom is -0.361 e. The summed E-state index contributed by atoms with van der Waals surface area (Å²) in [6.07, 6.45) is 2.59. The predicted molar refractivity (Wildman–Crippen MR) is 122 cm³/mol. The standard InChI is InChI=1S/C25H26N4O2/c1-16(2)25-27-19(14-24(31)29-25)13-22(17-8-4-3-5-9-17)28-23(30)12-18-15-26-21-11-7-6-10-20(18)21/h3-11,14-16,22,26H,12-13H2,1-2H3,(H,28,30)(H,27,29,31)/t22-/m1/s1. The van der Waals surface area contributed by atoms with Gasteiger partial charge in [0.2, 0.25) is 5.91 Å². The van der Waals surface area contributed by atoms with Gasteiger partial charge in [0.1, 0.15) is 5.82 Å². The van der Waals surface area contributed by atoms with E-state index in [0.717, 1.165) is 22.0 Å². The lowest BCUT2D eigenvalue weighted by Crippen LogP contribution is -2.31. The van der Waals surface area contributed by atoms with Gasteiger partial charge in [0.05, 0.1) is 18.2 Å². The van der Waals surface area contributed by atoms with Gasteiger partial charge in [-0.1, -0.05) is 62.4 Å². The second-order valence-corrected chi connectivity index (χ2v) is 8.05. The molecule has 4 aromatic rings. The summed E-state index contributed by atoms with van der Waals surface area (Å²) in [6.45, 7) is 3.97. The van der Waals surface area contributed by atoms with E-state index in [1.807, 2.05) is 74.6 Å². The van der Waals surface area contributed by atoms with Gasteiger partial charge in [-0.2, -0.15) is 0 Å². The molecule has 0 bridgehead atoms. The quantitative estimate of drug-likeness (QED) is 0.427. The molecule has 31 heavy (non-hydrogen) atoms. The van der Waals surface area contributed by atoms with Crippen LogP contribution in [0.25, 0.3) is 10.9 Å². The fraction of sp³-hybridized carbons (Fsp3) is 0.240. The molecule has 0 radical (unpaired) electrons. The molecule has 2 aromatic heterocycles. The molecule has 0 saturated heterocycles. The molecule has 1 amide bonds. The zero-order valence-corrected chi connectivity index (χ0v) is 17.7. The molecule has 0 unspecified atom stereocenters. The number of carbonyl (C=O) groups is 1. The van der Waals surface area contributed by atoms with Crippen molar-refractivity contribution < 1.29 is 4.79 Å². The van der Waals surface area contributed by atoms with E-state index in [9.17, 15) is 9.59 Å². The highest BCUT2D eigenvalue weighted by atomic mass is 16.1. The summed E-state index contributed by atoms with van der Waals surface area (Å²) in [7, 11) is 0. The molecule has 0 spiro atoms. The number of aromatic nitrogens is 3. The normalized spacial score (nSPS) is 12.2. The van der Waals surface area contributed by atoms with Gasteiger partial charge in [-0.05, 0) is 17.2 Å². The number of amides is 1. The van der Waals surface area contributed by atoms with Crippen LogP contribution < -0.4 is 10.9 Å². The molecule has 1 atom stereocenters. The fourth-order valence-electron chi connectivity index (χ4n) is 3.75. The number of carbonyl (C=O) groups excluding carboxylic acids is 1. The third-order valence-corrected chi connectivity index (χ3v) is 5.34. The minimum absolute atomic E-state index is 0.0764. The number of nitrogens with one attached hydrogen (secondary N) is 3. The summed E-state index contributed by atoms with van der Waals surface area (Å²) < 4.78 is 0. The van der Waals surface area contributed by atoms with Gasteiger partial charge in [0.25, 0.3) is 5.56 Å². The molecule has 0 saturated carbocycles. The number of para-hydroxylation sites is 1. The molecule has 2 aromatic carbocycles. The lowest BCUT2D eigenvalue weighted by Gasteiger charge is -2.19. The van der Waals surface area contributed by atoms with Crippen molar-refractivity contribution in [3.05, 3.63) is 99.9 Å². The van der Waals surface area contributed by atoms with E-state index < -0.39 is 0 Å². The highest BCUT2D eigenvalue weighted by Crippen LogP contribution is 2.21. The SMILES string of the molecule is CC(C)c1nc(C[C@@H](NC(=O)Cc2c[nH]c3ccccc23)c2ccccc2)cc(=O)[nH]1. The van der Waals surface area contributed by atoms with Gasteiger partial charge >= 0.3 is 0 Å². The van der Waals surface area contributed by atoms with Crippen molar-refractivity contribution in [1.29, 1.82) is 0 Å². The van der Waals surface area contributed by atoms with Gasteiger partial charge < -0.3 is 15.3 Å². The first-order valence-electron chi connectivity index (χ1n) is 10.5. The first-order valence-corrected chi connectivity index (χ1v) is 10.5. The van der Waals surface area contributed by atoms with Crippen LogP contribution in [0.1, 0.15) is 48.5 Å². The van der Waals surface area contributed by atoms with Crippen LogP contribution in [0.2, 0.25) is 0 Å². The molecule has 0 aliphatic rings. The van der Waals surface area contributed by atoms with Gasteiger partial charge in [-0.25, -0.2) is 4.98 Å². The molecule has 6 heteroatoms. The summed E-state index contributed by atoms with van der Waals surface area (Å²) in [5.74, 6) is 0.686. The summed E-state index contributed by atoms with van der Waals surface area (Å²) in [4.78, 5) is 35.7. The number of benzene rings is 2. The molecular formula is C25H26N4O2. The second-order valence-electron chi connectivity index (χ2n) is 8.05. The van der Waals surface area contributed by atoms with Gasteiger partial charge in [-0.15, -0.1) is 0 Å². The third-order valence-electron chi connectivity index (χ3n) is 5.34. The van der Waals surface area contributed by atoms with Crippen LogP contribution in [-0.4, -0.2) is 20.9 Å². The highest BCUT2D eigenvalue weighted by Gasteiger charge is 2.18. The summed E-state index contributed by atoms with van der Waals surface area (Å²) in [6, 6.07) is 18.9. The zero-order valence-electron chi connectivity index (χ0n) is 17.7. The third kappa shape index (κ3) is 4.91. The molecule has 4 rings (SSSR count). The molecule has 6 nitrogen and oxygen atoms in total. The number of aromatic amines is 2. The molecule has 0 aliphatic carbocycles.